The quantitative estimate of drug-likeness (QED) is 0.0222. The van der Waals surface area contributed by atoms with Crippen molar-refractivity contribution in [1.29, 1.82) is 0 Å². The fourth-order valence-corrected chi connectivity index (χ4v) is 14.0. The van der Waals surface area contributed by atoms with Gasteiger partial charge in [0, 0.05) is 25.7 Å². The van der Waals surface area contributed by atoms with E-state index >= 15 is 0 Å². The van der Waals surface area contributed by atoms with Crippen molar-refractivity contribution in [3.8, 4) is 0 Å². The molecule has 0 aromatic rings. The molecule has 0 aliphatic rings. The Balaban J connectivity index is 5.25. The van der Waals surface area contributed by atoms with Gasteiger partial charge in [-0.25, -0.2) is 9.13 Å². The van der Waals surface area contributed by atoms with Crippen LogP contribution >= 0.6 is 15.6 Å². The summed E-state index contributed by atoms with van der Waals surface area (Å²) in [5.41, 5.74) is 0. The van der Waals surface area contributed by atoms with Gasteiger partial charge >= 0.3 is 39.5 Å². The molecule has 0 bridgehead atoms. The van der Waals surface area contributed by atoms with E-state index in [1.54, 1.807) is 0 Å². The lowest BCUT2D eigenvalue weighted by molar-refractivity contribution is -0.161. The molecule has 17 nitrogen and oxygen atoms in total. The second-order valence-electron chi connectivity index (χ2n) is 30.1. The van der Waals surface area contributed by atoms with E-state index < -0.39 is 97.5 Å². The topological polar surface area (TPSA) is 237 Å². The number of hydrogen-bond donors (Lipinski definition) is 3. The lowest BCUT2D eigenvalue weighted by Gasteiger charge is -2.21. The van der Waals surface area contributed by atoms with Crippen LogP contribution in [0.1, 0.15) is 421 Å². The number of carbonyl (C=O) groups excluding carboxylic acids is 4. The smallest absolute Gasteiger partial charge is 0.462 e. The number of ether oxygens (including phenoxy) is 4. The molecule has 0 aliphatic carbocycles. The average Bonchev–Trinajstić information content (AvgIpc) is 0.920. The van der Waals surface area contributed by atoms with Gasteiger partial charge in [0.2, 0.25) is 0 Å². The van der Waals surface area contributed by atoms with Crippen molar-refractivity contribution in [2.75, 3.05) is 39.6 Å². The molecule has 0 fully saturated rings. The van der Waals surface area contributed by atoms with Gasteiger partial charge in [-0.2, -0.15) is 0 Å². The minimum absolute atomic E-state index is 0.105. The maximum absolute atomic E-state index is 13.1. The molecule has 0 aliphatic heterocycles. The number of phosphoric acid groups is 2. The van der Waals surface area contributed by atoms with Crippen LogP contribution in [0.15, 0.2) is 0 Å². The highest BCUT2D eigenvalue weighted by molar-refractivity contribution is 7.47. The number of aliphatic hydroxyl groups is 1. The number of esters is 4. The molecule has 0 spiro atoms. The van der Waals surface area contributed by atoms with E-state index in [-0.39, 0.29) is 25.7 Å². The molecule has 0 aromatic heterocycles. The van der Waals surface area contributed by atoms with Gasteiger partial charge in [0.25, 0.3) is 0 Å². The highest BCUT2D eigenvalue weighted by atomic mass is 31.2. The van der Waals surface area contributed by atoms with Crippen LogP contribution in [0, 0.1) is 17.8 Å². The van der Waals surface area contributed by atoms with Crippen molar-refractivity contribution in [3.63, 3.8) is 0 Å². The standard InChI is InChI=1S/C81H158O17P2/c1-8-11-12-13-14-15-16-17-18-19-20-23-26-29-35-40-48-55-62-78(83)91-68-76(97-80(85)64-57-50-41-36-30-27-24-21-22-25-28-33-38-45-52-59-72(4)5)70-95-99(87,88)93-66-75(82)67-94-100(89,90)96-71-77(69-92-79(84)63-56-49-44-43-47-54-61-74(7)10-3)98-81(86)65-58-51-42-37-32-31-34-39-46-53-60-73(6)9-2/h72-77,82H,8-71H2,1-7H3,(H,87,88)(H,89,90)/t73?,74?,75-,76-,77-/m1/s1. The minimum Gasteiger partial charge on any atom is -0.462 e. The predicted octanol–water partition coefficient (Wildman–Crippen LogP) is 24.1. The molecule has 19 heteroatoms. The molecule has 594 valence electrons. The largest absolute Gasteiger partial charge is 0.472 e. The Bertz CT molecular complexity index is 1940. The molecule has 0 saturated carbocycles. The van der Waals surface area contributed by atoms with E-state index in [0.29, 0.717) is 25.7 Å². The van der Waals surface area contributed by atoms with E-state index in [1.165, 1.54) is 225 Å². The molecule has 0 saturated heterocycles. The Morgan fingerprint density at radius 1 is 0.290 bits per heavy atom. The van der Waals surface area contributed by atoms with Crippen molar-refractivity contribution in [2.24, 2.45) is 17.8 Å². The summed E-state index contributed by atoms with van der Waals surface area (Å²) >= 11 is 0. The normalized spacial score (nSPS) is 14.5. The van der Waals surface area contributed by atoms with Gasteiger partial charge in [-0.1, -0.05) is 370 Å². The number of carbonyl (C=O) groups is 4. The van der Waals surface area contributed by atoms with E-state index in [1.807, 2.05) is 0 Å². The van der Waals surface area contributed by atoms with Gasteiger partial charge in [-0.15, -0.1) is 0 Å². The fraction of sp³-hybridized carbons (Fsp3) is 0.951. The SMILES string of the molecule is CCCCCCCCCCCCCCCCCCCCC(=O)OC[C@H](COP(=O)(O)OC[C@@H](O)COP(=O)(O)OC[C@@H](COC(=O)CCCCCCCCC(C)CC)OC(=O)CCCCCCCCCCCCC(C)CC)OC(=O)CCCCCCCCCCCCCCCCCC(C)C. The summed E-state index contributed by atoms with van der Waals surface area (Å²) in [4.78, 5) is 73.0. The molecule has 0 heterocycles. The number of aliphatic hydroxyl groups excluding tert-OH is 1. The Hall–Kier alpha value is -1.94. The van der Waals surface area contributed by atoms with Crippen LogP contribution in [0.4, 0.5) is 0 Å². The van der Waals surface area contributed by atoms with Gasteiger partial charge in [0.15, 0.2) is 12.2 Å². The van der Waals surface area contributed by atoms with Gasteiger partial charge in [0.05, 0.1) is 26.4 Å². The summed E-state index contributed by atoms with van der Waals surface area (Å²) in [6.07, 6.45) is 59.6. The highest BCUT2D eigenvalue weighted by Gasteiger charge is 2.30. The molecule has 0 rings (SSSR count). The Morgan fingerprint density at radius 3 is 0.760 bits per heavy atom. The van der Waals surface area contributed by atoms with Crippen LogP contribution < -0.4 is 0 Å². The predicted molar refractivity (Wildman–Crippen MR) is 409 cm³/mol. The van der Waals surface area contributed by atoms with Crippen LogP contribution in [-0.2, 0) is 65.4 Å². The third-order valence-corrected chi connectivity index (χ3v) is 21.5. The van der Waals surface area contributed by atoms with Gasteiger partial charge in [-0.05, 0) is 43.4 Å². The highest BCUT2D eigenvalue weighted by Crippen LogP contribution is 2.45. The maximum Gasteiger partial charge on any atom is 0.472 e. The van der Waals surface area contributed by atoms with Crippen LogP contribution in [0.5, 0.6) is 0 Å². The molecule has 0 radical (unpaired) electrons. The first-order valence-corrected chi connectivity index (χ1v) is 44.9. The van der Waals surface area contributed by atoms with E-state index in [2.05, 4.69) is 48.5 Å². The van der Waals surface area contributed by atoms with Crippen LogP contribution in [0.25, 0.3) is 0 Å². The van der Waals surface area contributed by atoms with Crippen LogP contribution in [-0.4, -0.2) is 96.7 Å². The second-order valence-corrected chi connectivity index (χ2v) is 33.0. The van der Waals surface area contributed by atoms with E-state index in [9.17, 15) is 43.2 Å². The average molecular weight is 1470 g/mol. The van der Waals surface area contributed by atoms with Gasteiger partial charge in [-0.3, -0.25) is 37.3 Å². The minimum atomic E-state index is -4.96. The molecule has 0 amide bonds. The van der Waals surface area contributed by atoms with Crippen molar-refractivity contribution in [2.45, 2.75) is 439 Å². The first-order valence-electron chi connectivity index (χ1n) is 41.9. The zero-order valence-electron chi connectivity index (χ0n) is 65.7. The first kappa shape index (κ1) is 98.1. The summed E-state index contributed by atoms with van der Waals surface area (Å²) in [6, 6.07) is 0. The summed E-state index contributed by atoms with van der Waals surface area (Å²) in [6.45, 7) is 12.0. The molecule has 3 N–H and O–H groups in total. The summed E-state index contributed by atoms with van der Waals surface area (Å²) in [5.74, 6) is 0.224. The number of rotatable bonds is 79. The van der Waals surface area contributed by atoms with Crippen LogP contribution in [0.3, 0.4) is 0 Å². The van der Waals surface area contributed by atoms with Crippen molar-refractivity contribution in [3.05, 3.63) is 0 Å². The third kappa shape index (κ3) is 71.7. The molecular weight excluding hydrogens is 1310 g/mol. The molecule has 4 unspecified atom stereocenters. The molecule has 0 aromatic carbocycles. The lowest BCUT2D eigenvalue weighted by Crippen LogP contribution is -2.30. The zero-order valence-corrected chi connectivity index (χ0v) is 67.5. The molecule has 7 atom stereocenters. The third-order valence-electron chi connectivity index (χ3n) is 19.6. The number of unbranched alkanes of at least 4 members (excludes halogenated alkanes) is 45. The summed E-state index contributed by atoms with van der Waals surface area (Å²) in [7, 11) is -9.92. The van der Waals surface area contributed by atoms with Crippen LogP contribution in [0.2, 0.25) is 0 Å². The molecule has 100 heavy (non-hydrogen) atoms. The maximum atomic E-state index is 13.1. The summed E-state index contributed by atoms with van der Waals surface area (Å²) in [5, 5.41) is 10.6. The Labute approximate surface area is 613 Å². The number of hydrogen-bond acceptors (Lipinski definition) is 15. The van der Waals surface area contributed by atoms with Gasteiger partial charge < -0.3 is 33.8 Å². The monoisotopic (exact) mass is 1470 g/mol. The van der Waals surface area contributed by atoms with Crippen molar-refractivity contribution in [1.82, 2.24) is 0 Å². The van der Waals surface area contributed by atoms with E-state index in [0.717, 1.165) is 114 Å². The van der Waals surface area contributed by atoms with Crippen molar-refractivity contribution < 1.29 is 80.2 Å². The Morgan fingerprint density at radius 2 is 0.510 bits per heavy atom. The summed E-state index contributed by atoms with van der Waals surface area (Å²) < 4.78 is 68.7. The number of phosphoric ester groups is 2. The zero-order chi connectivity index (χ0) is 73.7. The Kier molecular flexibility index (Phi) is 69.9. The van der Waals surface area contributed by atoms with Gasteiger partial charge in [0.1, 0.15) is 19.3 Å². The lowest BCUT2D eigenvalue weighted by atomic mass is 9.99. The van der Waals surface area contributed by atoms with E-state index in [4.69, 9.17) is 37.0 Å². The van der Waals surface area contributed by atoms with Crippen molar-refractivity contribution >= 4 is 39.5 Å². The second kappa shape index (κ2) is 71.3. The molecular formula is C81H158O17P2. The first-order chi connectivity index (χ1) is 48.3. The fourth-order valence-electron chi connectivity index (χ4n) is 12.4.